The lowest BCUT2D eigenvalue weighted by Crippen LogP contribution is -2.08. The average Bonchev–Trinajstić information content (AvgIpc) is 3.17. The Labute approximate surface area is 127 Å². The highest BCUT2D eigenvalue weighted by atomic mass is 32.1. The number of nitrogens with two attached hydrogens (primary N) is 1. The normalized spacial score (nSPS) is 10.7. The summed E-state index contributed by atoms with van der Waals surface area (Å²) in [5, 5.41) is 6.09. The van der Waals surface area contributed by atoms with Crippen LogP contribution in [0.15, 0.2) is 22.0 Å². The molecule has 3 aromatic rings. The number of nitrogens with zero attached hydrogens (tertiary/aromatic N) is 3. The molecule has 2 N–H and O–H groups in total. The molecule has 21 heavy (non-hydrogen) atoms. The number of nitrogen functional groups attached to an aromatic ring is 1. The number of hydrogen-bond donors (Lipinski definition) is 1. The van der Waals surface area contributed by atoms with Crippen molar-refractivity contribution in [3.63, 3.8) is 0 Å². The van der Waals surface area contributed by atoms with E-state index in [1.807, 2.05) is 17.5 Å². The number of aryl methyl sites for hydroxylation is 1. The minimum absolute atomic E-state index is 0.105. The third-order valence-corrected chi connectivity index (χ3v) is 4.26. The molecule has 3 aromatic heterocycles. The Kier molecular flexibility index (Phi) is 3.67. The number of carbonyl (C=O) groups excluding carboxylic acids is 1. The monoisotopic (exact) mass is 322 g/mol. The van der Waals surface area contributed by atoms with Gasteiger partial charge in [0.25, 0.3) is 5.89 Å². The zero-order chi connectivity index (χ0) is 14.8. The van der Waals surface area contributed by atoms with Gasteiger partial charge in [-0.3, -0.25) is 0 Å². The van der Waals surface area contributed by atoms with Gasteiger partial charge >= 0.3 is 5.97 Å². The number of carbonyl (C=O) groups is 1. The number of hydrogen-bond acceptors (Lipinski definition) is 9. The maximum Gasteiger partial charge on any atom is 0.343 e. The van der Waals surface area contributed by atoms with E-state index >= 15 is 0 Å². The van der Waals surface area contributed by atoms with Crippen molar-refractivity contribution in [2.45, 2.75) is 13.5 Å². The summed E-state index contributed by atoms with van der Waals surface area (Å²) in [6.07, 6.45) is 0. The molecule has 108 valence electrons. The smallest absolute Gasteiger partial charge is 0.343 e. The van der Waals surface area contributed by atoms with Crippen molar-refractivity contribution in [2.24, 2.45) is 0 Å². The molecule has 7 nitrogen and oxygen atoms in total. The van der Waals surface area contributed by atoms with Crippen LogP contribution in [0.5, 0.6) is 0 Å². The van der Waals surface area contributed by atoms with Crippen LogP contribution in [0.4, 0.5) is 5.00 Å². The fourth-order valence-corrected chi connectivity index (χ4v) is 2.95. The summed E-state index contributed by atoms with van der Waals surface area (Å²) < 4.78 is 14.2. The maximum absolute atomic E-state index is 11.9. The summed E-state index contributed by atoms with van der Waals surface area (Å²) in [5.41, 5.74) is 6.52. The molecule has 0 unspecified atom stereocenters. The first kappa shape index (κ1) is 13.7. The van der Waals surface area contributed by atoms with Gasteiger partial charge in [0.2, 0.25) is 5.82 Å². The second-order valence-electron chi connectivity index (χ2n) is 4.07. The average molecular weight is 322 g/mol. The van der Waals surface area contributed by atoms with Crippen molar-refractivity contribution in [3.05, 3.63) is 34.7 Å². The standard InChI is InChI=1S/C12H10N4O3S2/c1-6-9(10(13)21-16-6)12(17)18-5-8-14-11(15-19-8)7-3-2-4-20-7/h2-4H,5,13H2,1H3. The lowest BCUT2D eigenvalue weighted by atomic mass is 10.2. The molecular formula is C12H10N4O3S2. The number of aromatic nitrogens is 3. The van der Waals surface area contributed by atoms with E-state index in [1.54, 1.807) is 6.92 Å². The number of anilines is 1. The van der Waals surface area contributed by atoms with E-state index in [4.69, 9.17) is 15.0 Å². The van der Waals surface area contributed by atoms with E-state index in [0.717, 1.165) is 16.4 Å². The number of rotatable bonds is 4. The molecule has 0 aliphatic rings. The summed E-state index contributed by atoms with van der Waals surface area (Å²) >= 11 is 2.56. The second-order valence-corrected chi connectivity index (χ2v) is 5.83. The molecule has 0 aliphatic heterocycles. The predicted octanol–water partition coefficient (Wildman–Crippen LogP) is 2.50. The summed E-state index contributed by atoms with van der Waals surface area (Å²) in [4.78, 5) is 17.0. The van der Waals surface area contributed by atoms with Crippen LogP contribution < -0.4 is 5.73 Å². The Morgan fingerprint density at radius 3 is 3.05 bits per heavy atom. The third kappa shape index (κ3) is 2.78. The first-order chi connectivity index (χ1) is 10.1. The maximum atomic E-state index is 11.9. The SMILES string of the molecule is Cc1nsc(N)c1C(=O)OCc1nc(-c2cccs2)no1. The highest BCUT2D eigenvalue weighted by Crippen LogP contribution is 2.23. The summed E-state index contributed by atoms with van der Waals surface area (Å²) in [5.74, 6) is 0.157. The Balaban J connectivity index is 1.67. The minimum atomic E-state index is -0.547. The summed E-state index contributed by atoms with van der Waals surface area (Å²) in [7, 11) is 0. The van der Waals surface area contributed by atoms with Gasteiger partial charge in [0, 0.05) is 0 Å². The lowest BCUT2D eigenvalue weighted by Gasteiger charge is -2.01. The van der Waals surface area contributed by atoms with Crippen LogP contribution in [0, 0.1) is 6.92 Å². The summed E-state index contributed by atoms with van der Waals surface area (Å²) in [6, 6.07) is 3.78. The van der Waals surface area contributed by atoms with Gasteiger partial charge in [0.15, 0.2) is 6.61 Å². The molecule has 0 fully saturated rings. The molecule has 0 amide bonds. The van der Waals surface area contributed by atoms with Crippen molar-refractivity contribution in [3.8, 4) is 10.7 Å². The Morgan fingerprint density at radius 2 is 2.38 bits per heavy atom. The quantitative estimate of drug-likeness (QED) is 0.736. The van der Waals surface area contributed by atoms with Crippen molar-refractivity contribution in [1.29, 1.82) is 0 Å². The van der Waals surface area contributed by atoms with E-state index in [-0.39, 0.29) is 18.1 Å². The molecule has 0 radical (unpaired) electrons. The Morgan fingerprint density at radius 1 is 1.52 bits per heavy atom. The fraction of sp³-hybridized carbons (Fsp3) is 0.167. The van der Waals surface area contributed by atoms with E-state index in [9.17, 15) is 4.79 Å². The van der Waals surface area contributed by atoms with E-state index in [1.165, 1.54) is 11.3 Å². The first-order valence-corrected chi connectivity index (χ1v) is 7.56. The highest BCUT2D eigenvalue weighted by Gasteiger charge is 2.19. The van der Waals surface area contributed by atoms with Gasteiger partial charge in [0.1, 0.15) is 10.6 Å². The van der Waals surface area contributed by atoms with E-state index in [2.05, 4.69) is 14.5 Å². The number of esters is 1. The van der Waals surface area contributed by atoms with Crippen LogP contribution >= 0.6 is 22.9 Å². The van der Waals surface area contributed by atoms with Gasteiger partial charge < -0.3 is 15.0 Å². The highest BCUT2D eigenvalue weighted by molar-refractivity contribution is 7.13. The van der Waals surface area contributed by atoms with Crippen molar-refractivity contribution in [1.82, 2.24) is 14.5 Å². The minimum Gasteiger partial charge on any atom is -0.452 e. The predicted molar refractivity (Wildman–Crippen MR) is 78.0 cm³/mol. The van der Waals surface area contributed by atoms with Gasteiger partial charge in [-0.25, -0.2) is 4.79 Å². The van der Waals surface area contributed by atoms with Gasteiger partial charge in [-0.1, -0.05) is 11.2 Å². The zero-order valence-electron chi connectivity index (χ0n) is 10.9. The molecule has 3 rings (SSSR count). The van der Waals surface area contributed by atoms with Crippen LogP contribution in [0.25, 0.3) is 10.7 Å². The van der Waals surface area contributed by atoms with Crippen LogP contribution in [0.2, 0.25) is 0 Å². The van der Waals surface area contributed by atoms with Gasteiger partial charge in [-0.15, -0.1) is 11.3 Å². The van der Waals surface area contributed by atoms with Crippen molar-refractivity contribution in [2.75, 3.05) is 5.73 Å². The molecule has 0 saturated carbocycles. The lowest BCUT2D eigenvalue weighted by molar-refractivity contribution is 0.0430. The molecular weight excluding hydrogens is 312 g/mol. The molecule has 0 aromatic carbocycles. The number of ether oxygens (including phenoxy) is 1. The molecule has 0 aliphatic carbocycles. The fourth-order valence-electron chi connectivity index (χ4n) is 1.65. The Bertz CT molecular complexity index is 744. The van der Waals surface area contributed by atoms with Crippen molar-refractivity contribution >= 4 is 33.8 Å². The molecule has 9 heteroatoms. The van der Waals surface area contributed by atoms with Gasteiger partial charge in [0.05, 0.1) is 10.6 Å². The molecule has 0 spiro atoms. The van der Waals surface area contributed by atoms with Crippen LogP contribution in [0.1, 0.15) is 21.9 Å². The van der Waals surface area contributed by atoms with Crippen LogP contribution in [0.3, 0.4) is 0 Å². The molecule has 0 atom stereocenters. The van der Waals surface area contributed by atoms with E-state index < -0.39 is 5.97 Å². The Hall–Kier alpha value is -2.26. The van der Waals surface area contributed by atoms with Gasteiger partial charge in [-0.2, -0.15) is 9.36 Å². The van der Waals surface area contributed by atoms with Crippen molar-refractivity contribution < 1.29 is 14.1 Å². The van der Waals surface area contributed by atoms with Crippen LogP contribution in [-0.4, -0.2) is 20.5 Å². The number of thiophene rings is 1. The third-order valence-electron chi connectivity index (χ3n) is 2.63. The molecule has 0 bridgehead atoms. The zero-order valence-corrected chi connectivity index (χ0v) is 12.5. The second kappa shape index (κ2) is 5.62. The first-order valence-electron chi connectivity index (χ1n) is 5.90. The van der Waals surface area contributed by atoms with Gasteiger partial charge in [-0.05, 0) is 29.9 Å². The summed E-state index contributed by atoms with van der Waals surface area (Å²) in [6.45, 7) is 1.59. The molecule has 0 saturated heterocycles. The van der Waals surface area contributed by atoms with E-state index in [0.29, 0.717) is 16.5 Å². The van der Waals surface area contributed by atoms with Crippen LogP contribution in [-0.2, 0) is 11.3 Å². The topological polar surface area (TPSA) is 104 Å². The largest absolute Gasteiger partial charge is 0.452 e. The molecule has 3 heterocycles.